The maximum absolute atomic E-state index is 5.56. The number of aromatic nitrogens is 2. The first-order valence-corrected chi connectivity index (χ1v) is 6.62. The van der Waals surface area contributed by atoms with Crippen LogP contribution in [0.1, 0.15) is 24.4 Å². The molecule has 0 spiro atoms. The van der Waals surface area contributed by atoms with Gasteiger partial charge in [0.25, 0.3) is 0 Å². The molecule has 1 aromatic heterocycles. The predicted molar refractivity (Wildman–Crippen MR) is 73.4 cm³/mol. The third-order valence-corrected chi connectivity index (χ3v) is 3.54. The second kappa shape index (κ2) is 4.71. The van der Waals surface area contributed by atoms with Crippen LogP contribution in [-0.4, -0.2) is 34.6 Å². The van der Waals surface area contributed by atoms with E-state index in [4.69, 9.17) is 5.73 Å². The number of hydrogen-bond donors (Lipinski definition) is 1. The minimum Gasteiger partial charge on any atom is -0.329 e. The van der Waals surface area contributed by atoms with E-state index in [0.717, 1.165) is 18.6 Å². The van der Waals surface area contributed by atoms with E-state index >= 15 is 0 Å². The summed E-state index contributed by atoms with van der Waals surface area (Å²) in [7, 11) is 2.10. The fourth-order valence-corrected chi connectivity index (χ4v) is 2.43. The molecule has 1 heterocycles. The van der Waals surface area contributed by atoms with Gasteiger partial charge < -0.3 is 15.2 Å². The van der Waals surface area contributed by atoms with Crippen molar-refractivity contribution in [3.8, 4) is 0 Å². The average Bonchev–Trinajstić information content (AvgIpc) is 3.10. The highest BCUT2D eigenvalue weighted by Gasteiger charge is 2.24. The number of fused-ring (bicyclic) bond motifs is 1. The average molecular weight is 244 g/mol. The first-order valence-electron chi connectivity index (χ1n) is 6.62. The Morgan fingerprint density at radius 1 is 1.44 bits per heavy atom. The Hall–Kier alpha value is -1.39. The summed E-state index contributed by atoms with van der Waals surface area (Å²) < 4.78 is 2.31. The maximum Gasteiger partial charge on any atom is 0.0960 e. The fourth-order valence-electron chi connectivity index (χ4n) is 2.43. The van der Waals surface area contributed by atoms with Crippen molar-refractivity contribution < 1.29 is 0 Å². The van der Waals surface area contributed by atoms with Crippen molar-refractivity contribution in [2.75, 3.05) is 20.1 Å². The van der Waals surface area contributed by atoms with E-state index in [-0.39, 0.29) is 0 Å². The zero-order valence-corrected chi connectivity index (χ0v) is 10.8. The van der Waals surface area contributed by atoms with Crippen LogP contribution in [0.4, 0.5) is 0 Å². The highest BCUT2D eigenvalue weighted by atomic mass is 15.1. The molecule has 0 bridgehead atoms. The van der Waals surface area contributed by atoms with Gasteiger partial charge in [-0.15, -0.1) is 0 Å². The molecule has 0 unspecified atom stereocenters. The van der Waals surface area contributed by atoms with Gasteiger partial charge in [0.15, 0.2) is 0 Å². The van der Waals surface area contributed by atoms with E-state index < -0.39 is 0 Å². The molecule has 1 aromatic carbocycles. The van der Waals surface area contributed by atoms with E-state index in [0.29, 0.717) is 12.6 Å². The number of imidazole rings is 1. The fraction of sp³-hybridized carbons (Fsp3) is 0.500. The number of nitrogens with zero attached hydrogens (tertiary/aromatic N) is 3. The Bertz CT molecular complexity index is 542. The summed E-state index contributed by atoms with van der Waals surface area (Å²) in [4.78, 5) is 6.75. The van der Waals surface area contributed by atoms with Crippen LogP contribution >= 0.6 is 0 Å². The molecular formula is C14H20N4. The van der Waals surface area contributed by atoms with Gasteiger partial charge in [0.05, 0.1) is 17.4 Å². The van der Waals surface area contributed by atoms with Crippen LogP contribution in [0.5, 0.6) is 0 Å². The minimum atomic E-state index is 0.695. The first-order chi connectivity index (χ1) is 8.78. The largest absolute Gasteiger partial charge is 0.329 e. The van der Waals surface area contributed by atoms with Crippen molar-refractivity contribution in [2.45, 2.75) is 25.4 Å². The van der Waals surface area contributed by atoms with Crippen molar-refractivity contribution in [3.05, 3.63) is 30.1 Å². The molecule has 0 amide bonds. The van der Waals surface area contributed by atoms with Gasteiger partial charge in [-0.05, 0) is 37.6 Å². The smallest absolute Gasteiger partial charge is 0.0960 e. The van der Waals surface area contributed by atoms with E-state index in [2.05, 4.69) is 39.7 Å². The van der Waals surface area contributed by atoms with Gasteiger partial charge in [-0.2, -0.15) is 0 Å². The molecule has 18 heavy (non-hydrogen) atoms. The molecule has 1 fully saturated rings. The van der Waals surface area contributed by atoms with Crippen LogP contribution in [0.2, 0.25) is 0 Å². The molecule has 4 nitrogen and oxygen atoms in total. The summed E-state index contributed by atoms with van der Waals surface area (Å²) in [6.45, 7) is 2.56. The van der Waals surface area contributed by atoms with Gasteiger partial charge in [0.2, 0.25) is 0 Å². The molecule has 1 aliphatic carbocycles. The van der Waals surface area contributed by atoms with Crippen LogP contribution in [0, 0.1) is 0 Å². The molecule has 2 aromatic rings. The normalized spacial score (nSPS) is 15.7. The van der Waals surface area contributed by atoms with Gasteiger partial charge >= 0.3 is 0 Å². The zero-order chi connectivity index (χ0) is 12.5. The second-order valence-electron chi connectivity index (χ2n) is 5.23. The van der Waals surface area contributed by atoms with Crippen molar-refractivity contribution in [3.63, 3.8) is 0 Å². The van der Waals surface area contributed by atoms with E-state index in [9.17, 15) is 0 Å². The Morgan fingerprint density at radius 2 is 2.28 bits per heavy atom. The number of likely N-dealkylation sites (N-methyl/N-ethyl adjacent to an activating group) is 1. The number of nitrogens with two attached hydrogens (primary N) is 1. The van der Waals surface area contributed by atoms with Gasteiger partial charge in [0.1, 0.15) is 0 Å². The first kappa shape index (κ1) is 11.7. The SMILES string of the molecule is CN(CCN)Cc1ccc2c(c1)ncn2C1CC1. The second-order valence-corrected chi connectivity index (χ2v) is 5.23. The summed E-state index contributed by atoms with van der Waals surface area (Å²) >= 11 is 0. The molecular weight excluding hydrogens is 224 g/mol. The molecule has 0 radical (unpaired) electrons. The topological polar surface area (TPSA) is 47.1 Å². The van der Waals surface area contributed by atoms with Crippen molar-refractivity contribution in [2.24, 2.45) is 5.73 Å². The molecule has 3 rings (SSSR count). The van der Waals surface area contributed by atoms with Gasteiger partial charge in [0, 0.05) is 25.7 Å². The predicted octanol–water partition coefficient (Wildman–Crippen LogP) is 1.76. The van der Waals surface area contributed by atoms with Crippen LogP contribution in [0.25, 0.3) is 11.0 Å². The lowest BCUT2D eigenvalue weighted by Gasteiger charge is -2.15. The van der Waals surface area contributed by atoms with Crippen LogP contribution in [0.15, 0.2) is 24.5 Å². The summed E-state index contributed by atoms with van der Waals surface area (Å²) in [6, 6.07) is 7.30. The van der Waals surface area contributed by atoms with Crippen molar-refractivity contribution >= 4 is 11.0 Å². The van der Waals surface area contributed by atoms with Gasteiger partial charge in [-0.1, -0.05) is 6.07 Å². The van der Waals surface area contributed by atoms with Crippen molar-refractivity contribution in [1.82, 2.24) is 14.5 Å². The van der Waals surface area contributed by atoms with Crippen molar-refractivity contribution in [1.29, 1.82) is 0 Å². The summed E-state index contributed by atoms with van der Waals surface area (Å²) in [6.07, 6.45) is 4.58. The Balaban J connectivity index is 1.83. The zero-order valence-electron chi connectivity index (χ0n) is 10.8. The van der Waals surface area contributed by atoms with Crippen LogP contribution in [-0.2, 0) is 6.54 Å². The molecule has 4 heteroatoms. The third-order valence-electron chi connectivity index (χ3n) is 3.54. The molecule has 0 saturated heterocycles. The van der Waals surface area contributed by atoms with Gasteiger partial charge in [-0.25, -0.2) is 4.98 Å². The molecule has 96 valence electrons. The molecule has 1 saturated carbocycles. The molecule has 1 aliphatic rings. The molecule has 0 aliphatic heterocycles. The molecule has 2 N–H and O–H groups in total. The lowest BCUT2D eigenvalue weighted by atomic mass is 10.2. The third kappa shape index (κ3) is 2.26. The van der Waals surface area contributed by atoms with E-state index in [1.54, 1.807) is 0 Å². The molecule has 0 atom stereocenters. The summed E-state index contributed by atoms with van der Waals surface area (Å²) in [5.41, 5.74) is 9.24. The summed E-state index contributed by atoms with van der Waals surface area (Å²) in [5.74, 6) is 0. The van der Waals surface area contributed by atoms with Crippen LogP contribution in [0.3, 0.4) is 0 Å². The minimum absolute atomic E-state index is 0.695. The standard InChI is InChI=1S/C14H20N4/c1-17(7-6-15)9-11-2-5-14-13(8-11)16-10-18(14)12-3-4-12/h2,5,8,10,12H,3-4,6-7,9,15H2,1H3. The highest BCUT2D eigenvalue weighted by molar-refractivity contribution is 5.76. The van der Waals surface area contributed by atoms with Crippen LogP contribution < -0.4 is 5.73 Å². The lowest BCUT2D eigenvalue weighted by molar-refractivity contribution is 0.336. The Kier molecular flexibility index (Phi) is 3.06. The number of benzene rings is 1. The number of hydrogen-bond acceptors (Lipinski definition) is 3. The lowest BCUT2D eigenvalue weighted by Crippen LogP contribution is -2.24. The van der Waals surface area contributed by atoms with E-state index in [1.807, 2.05) is 6.33 Å². The quantitative estimate of drug-likeness (QED) is 0.872. The maximum atomic E-state index is 5.56. The van der Waals surface area contributed by atoms with Gasteiger partial charge in [-0.3, -0.25) is 0 Å². The highest BCUT2D eigenvalue weighted by Crippen LogP contribution is 2.37. The monoisotopic (exact) mass is 244 g/mol. The summed E-state index contributed by atoms with van der Waals surface area (Å²) in [5, 5.41) is 0. The number of rotatable bonds is 5. The Labute approximate surface area is 107 Å². The Morgan fingerprint density at radius 3 is 3.00 bits per heavy atom. The van der Waals surface area contributed by atoms with E-state index in [1.165, 1.54) is 23.9 Å².